The first kappa shape index (κ1) is 26.7. The second-order valence-corrected chi connectivity index (χ2v) is 11.5. The summed E-state index contributed by atoms with van der Waals surface area (Å²) in [5.74, 6) is -0.0455. The number of aliphatic hydroxyl groups excluding tert-OH is 1. The summed E-state index contributed by atoms with van der Waals surface area (Å²) in [5, 5.41) is 14.3. The van der Waals surface area contributed by atoms with E-state index < -0.39 is 12.3 Å². The van der Waals surface area contributed by atoms with Gasteiger partial charge in [-0.3, -0.25) is 24.3 Å². The normalized spacial score (nSPS) is 28.5. The van der Waals surface area contributed by atoms with E-state index in [1.54, 1.807) is 12.1 Å². The highest BCUT2D eigenvalue weighted by Crippen LogP contribution is 2.50. The topological polar surface area (TPSA) is 115 Å². The van der Waals surface area contributed by atoms with Gasteiger partial charge in [-0.2, -0.15) is 0 Å². The van der Waals surface area contributed by atoms with Crippen molar-refractivity contribution < 1.29 is 14.7 Å². The number of aromatic nitrogens is 1. The number of pyridine rings is 1. The Labute approximate surface area is 225 Å². The SMILES string of the molecule is CN(C)[C@]1(c2ccccc2)CC[C@]2(CC1)CN(CC(=O)Nc1cccc(C(N)=O)n1)C(O)N2CC1CCC1. The van der Waals surface area contributed by atoms with Gasteiger partial charge in [0.05, 0.1) is 6.54 Å². The molecule has 2 saturated carbocycles. The largest absolute Gasteiger partial charge is 0.365 e. The standard InChI is InChI=1S/C29H40N6O3/c1-33(2)29(22-10-4-3-5-11-22)16-14-28(15-17-29)20-34(27(38)35(28)18-21-8-6-9-21)19-25(36)32-24-13-7-12-23(31-24)26(30)37/h3-5,7,10-13,21,27,38H,6,8-9,14-20H2,1-2H3,(H2,30,37)(H,31,32,36)/t27?,28-,29+. The van der Waals surface area contributed by atoms with Gasteiger partial charge in [0, 0.05) is 24.2 Å². The lowest BCUT2D eigenvalue weighted by Crippen LogP contribution is -2.57. The molecule has 1 aromatic heterocycles. The predicted octanol–water partition coefficient (Wildman–Crippen LogP) is 2.58. The van der Waals surface area contributed by atoms with Gasteiger partial charge in [-0.15, -0.1) is 0 Å². The monoisotopic (exact) mass is 520 g/mol. The number of nitrogens with one attached hydrogen (secondary N) is 1. The number of amides is 2. The van der Waals surface area contributed by atoms with Gasteiger partial charge in [-0.05, 0) is 76.2 Å². The molecule has 9 heteroatoms. The fraction of sp³-hybridized carbons (Fsp3) is 0.552. The van der Waals surface area contributed by atoms with Crippen molar-refractivity contribution >= 4 is 17.6 Å². The zero-order valence-electron chi connectivity index (χ0n) is 22.5. The van der Waals surface area contributed by atoms with Crippen LogP contribution in [-0.2, 0) is 10.3 Å². The highest BCUT2D eigenvalue weighted by molar-refractivity contribution is 5.94. The van der Waals surface area contributed by atoms with Crippen molar-refractivity contribution in [3.8, 4) is 0 Å². The first-order valence-corrected chi connectivity index (χ1v) is 13.7. The van der Waals surface area contributed by atoms with Crippen LogP contribution in [0.2, 0.25) is 0 Å². The number of hydrogen-bond donors (Lipinski definition) is 3. The molecule has 38 heavy (non-hydrogen) atoms. The average molecular weight is 521 g/mol. The molecule has 204 valence electrons. The Morgan fingerprint density at radius 3 is 2.39 bits per heavy atom. The van der Waals surface area contributed by atoms with Crippen LogP contribution < -0.4 is 11.1 Å². The third-order valence-corrected chi connectivity index (χ3v) is 9.18. The molecule has 3 aliphatic rings. The molecule has 9 nitrogen and oxygen atoms in total. The van der Waals surface area contributed by atoms with E-state index in [1.807, 2.05) is 4.90 Å². The number of anilines is 1. The van der Waals surface area contributed by atoms with E-state index in [1.165, 1.54) is 30.9 Å². The number of rotatable bonds is 8. The first-order chi connectivity index (χ1) is 18.2. The van der Waals surface area contributed by atoms with Gasteiger partial charge < -0.3 is 16.2 Å². The number of aliphatic hydroxyl groups is 1. The van der Waals surface area contributed by atoms with E-state index in [0.29, 0.717) is 12.5 Å². The molecule has 0 bridgehead atoms. The van der Waals surface area contributed by atoms with Gasteiger partial charge in [-0.1, -0.05) is 42.8 Å². The molecule has 5 rings (SSSR count). The summed E-state index contributed by atoms with van der Waals surface area (Å²) < 4.78 is 0. The highest BCUT2D eigenvalue weighted by Gasteiger charge is 2.55. The second kappa shape index (κ2) is 10.7. The Kier molecular flexibility index (Phi) is 7.55. The van der Waals surface area contributed by atoms with Crippen LogP contribution in [0.3, 0.4) is 0 Å². The minimum atomic E-state index is -0.810. The minimum absolute atomic E-state index is 0.0402. The van der Waals surface area contributed by atoms with Crippen LogP contribution in [0.1, 0.15) is 61.0 Å². The van der Waals surface area contributed by atoms with E-state index >= 15 is 0 Å². The molecule has 2 amide bonds. The van der Waals surface area contributed by atoms with Gasteiger partial charge in [-0.25, -0.2) is 4.98 Å². The van der Waals surface area contributed by atoms with Crippen molar-refractivity contribution in [1.29, 1.82) is 0 Å². The van der Waals surface area contributed by atoms with Crippen LogP contribution in [0.5, 0.6) is 0 Å². The maximum absolute atomic E-state index is 13.0. The van der Waals surface area contributed by atoms with E-state index in [4.69, 9.17) is 5.73 Å². The highest BCUT2D eigenvalue weighted by atomic mass is 16.3. The van der Waals surface area contributed by atoms with E-state index in [-0.39, 0.29) is 35.0 Å². The Morgan fingerprint density at radius 2 is 1.79 bits per heavy atom. The Hall–Kier alpha value is -2.85. The second-order valence-electron chi connectivity index (χ2n) is 11.5. The van der Waals surface area contributed by atoms with Crippen LogP contribution in [0, 0.1) is 5.92 Å². The van der Waals surface area contributed by atoms with Gasteiger partial charge in [0.2, 0.25) is 5.91 Å². The van der Waals surface area contributed by atoms with Gasteiger partial charge >= 0.3 is 0 Å². The molecule has 2 aliphatic carbocycles. The van der Waals surface area contributed by atoms with E-state index in [0.717, 1.165) is 32.2 Å². The summed E-state index contributed by atoms with van der Waals surface area (Å²) in [6.45, 7) is 1.55. The number of nitrogens with zero attached hydrogens (tertiary/aromatic N) is 4. The predicted molar refractivity (Wildman–Crippen MR) is 146 cm³/mol. The molecule has 3 fully saturated rings. The third kappa shape index (κ3) is 5.08. The van der Waals surface area contributed by atoms with Crippen LogP contribution in [0.4, 0.5) is 5.82 Å². The van der Waals surface area contributed by atoms with Gasteiger partial charge in [0.25, 0.3) is 5.91 Å². The lowest BCUT2D eigenvalue weighted by Gasteiger charge is -2.52. The molecule has 1 unspecified atom stereocenters. The third-order valence-electron chi connectivity index (χ3n) is 9.18. The van der Waals surface area contributed by atoms with Crippen LogP contribution >= 0.6 is 0 Å². The summed E-state index contributed by atoms with van der Waals surface area (Å²) >= 11 is 0. The zero-order chi connectivity index (χ0) is 26.9. The van der Waals surface area contributed by atoms with Crippen molar-refractivity contribution in [1.82, 2.24) is 19.7 Å². The van der Waals surface area contributed by atoms with Crippen molar-refractivity contribution in [2.75, 3.05) is 39.0 Å². The van der Waals surface area contributed by atoms with Crippen LogP contribution in [0.25, 0.3) is 0 Å². The lowest BCUT2D eigenvalue weighted by molar-refractivity contribution is -0.126. The van der Waals surface area contributed by atoms with E-state index in [9.17, 15) is 14.7 Å². The van der Waals surface area contributed by atoms with Crippen molar-refractivity contribution in [2.24, 2.45) is 11.7 Å². The van der Waals surface area contributed by atoms with Crippen LogP contribution in [0.15, 0.2) is 48.5 Å². The molecule has 0 radical (unpaired) electrons. The Morgan fingerprint density at radius 1 is 1.08 bits per heavy atom. The zero-order valence-corrected chi connectivity index (χ0v) is 22.5. The number of carbonyl (C=O) groups is 2. The number of hydrogen-bond acceptors (Lipinski definition) is 7. The fourth-order valence-electron chi connectivity index (χ4n) is 6.70. The van der Waals surface area contributed by atoms with Crippen LogP contribution in [-0.4, -0.2) is 82.2 Å². The molecule has 1 saturated heterocycles. The lowest BCUT2D eigenvalue weighted by atomic mass is 9.68. The first-order valence-electron chi connectivity index (χ1n) is 13.7. The van der Waals surface area contributed by atoms with Gasteiger partial charge in [0.15, 0.2) is 6.35 Å². The molecule has 2 aromatic rings. The average Bonchev–Trinajstić information content (AvgIpc) is 3.12. The number of carbonyl (C=O) groups excluding carboxylic acids is 2. The van der Waals surface area contributed by atoms with Gasteiger partial charge in [0.1, 0.15) is 11.5 Å². The summed E-state index contributed by atoms with van der Waals surface area (Å²) in [7, 11) is 4.33. The molecule has 1 aliphatic heterocycles. The molecule has 1 aromatic carbocycles. The number of nitrogens with two attached hydrogens (primary N) is 1. The summed E-state index contributed by atoms with van der Waals surface area (Å²) in [6.07, 6.45) is 6.72. The Balaban J connectivity index is 1.33. The molecular formula is C29H40N6O3. The molecular weight excluding hydrogens is 480 g/mol. The molecule has 1 spiro atoms. The fourth-order valence-corrected chi connectivity index (χ4v) is 6.70. The Bertz CT molecular complexity index is 1140. The van der Waals surface area contributed by atoms with Crippen molar-refractivity contribution in [3.05, 3.63) is 59.8 Å². The molecule has 1 atom stereocenters. The smallest absolute Gasteiger partial charge is 0.267 e. The maximum atomic E-state index is 13.0. The van der Waals surface area contributed by atoms with Crippen molar-refractivity contribution in [2.45, 2.75) is 62.4 Å². The summed E-state index contributed by atoms with van der Waals surface area (Å²) in [5.41, 5.74) is 6.55. The minimum Gasteiger partial charge on any atom is -0.365 e. The van der Waals surface area contributed by atoms with E-state index in [2.05, 4.69) is 64.5 Å². The quantitative estimate of drug-likeness (QED) is 0.490. The summed E-state index contributed by atoms with van der Waals surface area (Å²) in [4.78, 5) is 35.1. The maximum Gasteiger partial charge on any atom is 0.267 e. The number of primary amides is 1. The summed E-state index contributed by atoms with van der Waals surface area (Å²) in [6, 6.07) is 15.5. The molecule has 4 N–H and O–H groups in total. The van der Waals surface area contributed by atoms with Crippen molar-refractivity contribution in [3.63, 3.8) is 0 Å². The molecule has 2 heterocycles. The number of benzene rings is 1.